The number of amides is 1. The van der Waals surface area contributed by atoms with Gasteiger partial charge in [0.2, 0.25) is 0 Å². The van der Waals surface area contributed by atoms with Crippen LogP contribution in [-0.2, 0) is 9.84 Å². The van der Waals surface area contributed by atoms with E-state index in [1.165, 1.54) is 18.5 Å². The average molecular weight is 434 g/mol. The third kappa shape index (κ3) is 4.43. The molecule has 1 aromatic carbocycles. The minimum atomic E-state index is -3.41. The number of carbonyl (C=O) groups excluding carboxylic acids is 1. The Morgan fingerprint density at radius 2 is 1.93 bits per heavy atom. The second-order valence-corrected chi connectivity index (χ2v) is 9.82. The predicted molar refractivity (Wildman–Crippen MR) is 109 cm³/mol. The van der Waals surface area contributed by atoms with E-state index in [1.807, 2.05) is 6.07 Å². The number of carbonyl (C=O) groups is 1. The van der Waals surface area contributed by atoms with E-state index in [0.717, 1.165) is 43.0 Å². The molecule has 1 aliphatic carbocycles. The number of pyridine rings is 1. The van der Waals surface area contributed by atoms with Gasteiger partial charge in [0.05, 0.1) is 10.5 Å². The molecule has 0 atom stereocenters. The first-order valence-electron chi connectivity index (χ1n) is 9.31. The lowest BCUT2D eigenvalue weighted by atomic mass is 9.86. The second-order valence-electron chi connectivity index (χ2n) is 7.37. The number of rotatable bonds is 4. The van der Waals surface area contributed by atoms with Crippen molar-refractivity contribution in [1.29, 1.82) is 0 Å². The van der Waals surface area contributed by atoms with Crippen LogP contribution in [0.15, 0.2) is 46.0 Å². The molecule has 0 radical (unpaired) electrons. The Kier molecular flexibility index (Phi) is 5.31. The maximum Gasteiger partial charge on any atom is 0.253 e. The summed E-state index contributed by atoms with van der Waals surface area (Å²) in [7, 11) is -3.41. The lowest BCUT2D eigenvalue weighted by molar-refractivity contribution is 0.0924. The molecule has 0 saturated heterocycles. The van der Waals surface area contributed by atoms with E-state index < -0.39 is 9.84 Å². The largest absolute Gasteiger partial charge is 0.440 e. The summed E-state index contributed by atoms with van der Waals surface area (Å²) in [5.41, 5.74) is 1.71. The fourth-order valence-corrected chi connectivity index (χ4v) is 4.35. The summed E-state index contributed by atoms with van der Waals surface area (Å²) < 4.78 is 29.2. The lowest BCUT2D eigenvalue weighted by Gasteiger charge is -2.27. The molecule has 152 valence electrons. The maximum atomic E-state index is 12.5. The van der Waals surface area contributed by atoms with Gasteiger partial charge >= 0.3 is 0 Å². The summed E-state index contributed by atoms with van der Waals surface area (Å²) in [6, 6.07) is 6.75. The van der Waals surface area contributed by atoms with Crippen molar-refractivity contribution >= 4 is 38.4 Å². The monoisotopic (exact) mass is 433 g/mol. The van der Waals surface area contributed by atoms with Crippen molar-refractivity contribution in [2.24, 2.45) is 0 Å². The summed E-state index contributed by atoms with van der Waals surface area (Å²) in [4.78, 5) is 21.0. The smallest absolute Gasteiger partial charge is 0.253 e. The highest BCUT2D eigenvalue weighted by Gasteiger charge is 2.27. The first-order chi connectivity index (χ1) is 13.8. The minimum Gasteiger partial charge on any atom is -0.440 e. The highest BCUT2D eigenvalue weighted by Crippen LogP contribution is 2.34. The first-order valence-corrected chi connectivity index (χ1v) is 11.6. The van der Waals surface area contributed by atoms with Crippen LogP contribution in [0.25, 0.3) is 11.1 Å². The van der Waals surface area contributed by atoms with E-state index in [9.17, 15) is 13.2 Å². The van der Waals surface area contributed by atoms with Gasteiger partial charge in [-0.15, -0.1) is 0 Å². The number of fused-ring (bicyclic) bond motifs is 1. The zero-order valence-corrected chi connectivity index (χ0v) is 17.3. The summed E-state index contributed by atoms with van der Waals surface area (Å²) in [6.07, 6.45) is 6.96. The number of hydrogen-bond acceptors (Lipinski definition) is 6. The fraction of sp³-hybridized carbons (Fsp3) is 0.350. The van der Waals surface area contributed by atoms with Crippen molar-refractivity contribution in [3.8, 4) is 0 Å². The first kappa shape index (κ1) is 19.8. The normalized spacial score (nSPS) is 19.9. The number of aromatic nitrogens is 2. The molecule has 7 nitrogen and oxygen atoms in total. The summed E-state index contributed by atoms with van der Waals surface area (Å²) >= 11 is 6.01. The molecular formula is C20H20ClN3O4S. The molecule has 2 heterocycles. The van der Waals surface area contributed by atoms with Gasteiger partial charge in [-0.2, -0.15) is 0 Å². The quantitative estimate of drug-likeness (QED) is 0.672. The van der Waals surface area contributed by atoms with Crippen molar-refractivity contribution in [3.05, 3.63) is 53.1 Å². The van der Waals surface area contributed by atoms with Crippen molar-refractivity contribution < 1.29 is 17.6 Å². The molecule has 9 heteroatoms. The van der Waals surface area contributed by atoms with Crippen molar-refractivity contribution in [1.82, 2.24) is 15.3 Å². The molecule has 4 rings (SSSR count). The van der Waals surface area contributed by atoms with Crippen LogP contribution in [0.5, 0.6) is 0 Å². The van der Waals surface area contributed by atoms with E-state index in [2.05, 4.69) is 15.3 Å². The number of sulfone groups is 1. The second kappa shape index (κ2) is 7.76. The Morgan fingerprint density at radius 3 is 2.66 bits per heavy atom. The van der Waals surface area contributed by atoms with E-state index in [1.54, 1.807) is 12.1 Å². The molecule has 3 aromatic rings. The molecule has 29 heavy (non-hydrogen) atoms. The van der Waals surface area contributed by atoms with Crippen LogP contribution in [0.4, 0.5) is 0 Å². The minimum absolute atomic E-state index is 0.0134. The summed E-state index contributed by atoms with van der Waals surface area (Å²) in [5, 5.41) is 3.60. The van der Waals surface area contributed by atoms with Crippen LogP contribution < -0.4 is 5.32 Å². The van der Waals surface area contributed by atoms with Crippen molar-refractivity contribution in [3.63, 3.8) is 0 Å². The summed E-state index contributed by atoms with van der Waals surface area (Å²) in [5.74, 6) is 0.588. The van der Waals surface area contributed by atoms with Crippen LogP contribution in [-0.4, -0.2) is 36.6 Å². The van der Waals surface area contributed by atoms with Gasteiger partial charge in [-0.3, -0.25) is 9.78 Å². The van der Waals surface area contributed by atoms with Crippen LogP contribution in [0, 0.1) is 0 Å². The van der Waals surface area contributed by atoms with Crippen molar-refractivity contribution in [2.75, 3.05) is 6.26 Å². The van der Waals surface area contributed by atoms with Gasteiger partial charge in [-0.1, -0.05) is 11.6 Å². The Bertz CT molecular complexity index is 1170. The van der Waals surface area contributed by atoms with E-state index in [4.69, 9.17) is 16.0 Å². The topological polar surface area (TPSA) is 102 Å². The lowest BCUT2D eigenvalue weighted by Crippen LogP contribution is -2.37. The van der Waals surface area contributed by atoms with Crippen LogP contribution in [0.1, 0.15) is 47.8 Å². The number of hydrogen-bond donors (Lipinski definition) is 1. The molecule has 0 unspecified atom stereocenters. The molecule has 1 aliphatic rings. The molecule has 0 aliphatic heterocycles. The third-order valence-electron chi connectivity index (χ3n) is 5.18. The van der Waals surface area contributed by atoms with Crippen molar-refractivity contribution in [2.45, 2.75) is 42.5 Å². The highest BCUT2D eigenvalue weighted by atomic mass is 35.5. The molecule has 0 bridgehead atoms. The van der Waals surface area contributed by atoms with Gasteiger partial charge in [0.25, 0.3) is 5.91 Å². The molecule has 1 amide bonds. The standard InChI is InChI=1S/C20H20ClN3O4S/c1-29(26,27)16-8-13(10-22-11-16)19(25)23-15-5-2-12(3-6-15)20-24-17-9-14(21)4-7-18(17)28-20/h4,7-12,15H,2-3,5-6H2,1H3,(H,23,25). The Labute approximate surface area is 173 Å². The summed E-state index contributed by atoms with van der Waals surface area (Å²) in [6.45, 7) is 0. The molecular weight excluding hydrogens is 414 g/mol. The fourth-order valence-electron chi connectivity index (χ4n) is 3.59. The Morgan fingerprint density at radius 1 is 1.17 bits per heavy atom. The Balaban J connectivity index is 1.39. The molecule has 1 N–H and O–H groups in total. The zero-order chi connectivity index (χ0) is 20.6. The van der Waals surface area contributed by atoms with Crippen LogP contribution >= 0.6 is 11.6 Å². The highest BCUT2D eigenvalue weighted by molar-refractivity contribution is 7.90. The SMILES string of the molecule is CS(=O)(=O)c1cncc(C(=O)NC2CCC(c3nc4cc(Cl)ccc4o3)CC2)c1. The molecule has 2 aromatic heterocycles. The van der Waals surface area contributed by atoms with Crippen LogP contribution in [0.2, 0.25) is 5.02 Å². The zero-order valence-electron chi connectivity index (χ0n) is 15.8. The Hall–Kier alpha value is -2.45. The van der Waals surface area contributed by atoms with Gasteiger partial charge in [0, 0.05) is 35.6 Å². The number of halogens is 1. The van der Waals surface area contributed by atoms with Gasteiger partial charge in [0.1, 0.15) is 5.52 Å². The molecule has 1 fully saturated rings. The number of benzene rings is 1. The van der Waals surface area contributed by atoms with Gasteiger partial charge in [0.15, 0.2) is 21.3 Å². The molecule has 0 spiro atoms. The number of nitrogens with zero attached hydrogens (tertiary/aromatic N) is 2. The van der Waals surface area contributed by atoms with Crippen LogP contribution in [0.3, 0.4) is 0 Å². The number of nitrogens with one attached hydrogen (secondary N) is 1. The van der Waals surface area contributed by atoms with Gasteiger partial charge in [-0.25, -0.2) is 13.4 Å². The maximum absolute atomic E-state index is 12.5. The van der Waals surface area contributed by atoms with Gasteiger partial charge < -0.3 is 9.73 Å². The van der Waals surface area contributed by atoms with E-state index in [0.29, 0.717) is 10.9 Å². The predicted octanol–water partition coefficient (Wildman–Crippen LogP) is 3.74. The third-order valence-corrected chi connectivity index (χ3v) is 6.50. The molecule has 1 saturated carbocycles. The van der Waals surface area contributed by atoms with E-state index in [-0.39, 0.29) is 28.3 Å². The van der Waals surface area contributed by atoms with E-state index >= 15 is 0 Å². The number of oxazole rings is 1. The van der Waals surface area contributed by atoms with Gasteiger partial charge in [-0.05, 0) is 49.9 Å². The average Bonchev–Trinajstić information content (AvgIpc) is 3.11.